The van der Waals surface area contributed by atoms with Gasteiger partial charge in [-0.05, 0) is 19.1 Å². The molecule has 25 heavy (non-hydrogen) atoms. The molecule has 0 atom stereocenters. The second kappa shape index (κ2) is 10.3. The first-order valence-electron chi connectivity index (χ1n) is 8.27. The maximum absolute atomic E-state index is 5.71. The third-order valence-corrected chi connectivity index (χ3v) is 3.15. The summed E-state index contributed by atoms with van der Waals surface area (Å²) in [4.78, 5) is 8.60. The summed E-state index contributed by atoms with van der Waals surface area (Å²) in [7, 11) is 1.68. The number of aliphatic imine (C=N–C) groups is 1. The molecule has 0 unspecified atom stereocenters. The second-order valence-electron chi connectivity index (χ2n) is 5.27. The van der Waals surface area contributed by atoms with E-state index in [1.54, 1.807) is 14.0 Å². The SMILES string of the molecule is CCNC(=NCc1noc(C)n1)Nc1cccc(OCCCOC)c1. The Morgan fingerprint density at radius 1 is 1.32 bits per heavy atom. The number of ether oxygens (including phenoxy) is 2. The van der Waals surface area contributed by atoms with Crippen LogP contribution in [-0.4, -0.2) is 43.0 Å². The van der Waals surface area contributed by atoms with Crippen LogP contribution in [0.1, 0.15) is 25.1 Å². The lowest BCUT2D eigenvalue weighted by Gasteiger charge is -2.12. The van der Waals surface area contributed by atoms with E-state index in [1.807, 2.05) is 31.2 Å². The highest BCUT2D eigenvalue weighted by Gasteiger charge is 2.04. The van der Waals surface area contributed by atoms with Crippen molar-refractivity contribution in [3.63, 3.8) is 0 Å². The first-order valence-corrected chi connectivity index (χ1v) is 8.27. The van der Waals surface area contributed by atoms with Crippen molar-refractivity contribution in [1.82, 2.24) is 15.5 Å². The van der Waals surface area contributed by atoms with Crippen LogP contribution in [0.4, 0.5) is 5.69 Å². The van der Waals surface area contributed by atoms with Crippen molar-refractivity contribution >= 4 is 11.6 Å². The Labute approximate surface area is 147 Å². The number of rotatable bonds is 9. The topological polar surface area (TPSA) is 93.8 Å². The molecule has 0 aliphatic carbocycles. The van der Waals surface area contributed by atoms with Gasteiger partial charge in [0.05, 0.1) is 6.61 Å². The number of benzene rings is 1. The molecule has 8 heteroatoms. The zero-order valence-electron chi connectivity index (χ0n) is 14.9. The Hall–Kier alpha value is -2.61. The van der Waals surface area contributed by atoms with Crippen LogP contribution in [0.15, 0.2) is 33.8 Å². The summed E-state index contributed by atoms with van der Waals surface area (Å²) in [6.07, 6.45) is 0.850. The molecule has 0 saturated heterocycles. The van der Waals surface area contributed by atoms with Crippen LogP contribution in [0.2, 0.25) is 0 Å². The van der Waals surface area contributed by atoms with E-state index in [0.29, 0.717) is 37.4 Å². The quantitative estimate of drug-likeness (QED) is 0.408. The van der Waals surface area contributed by atoms with Gasteiger partial charge in [-0.1, -0.05) is 11.2 Å². The fourth-order valence-electron chi connectivity index (χ4n) is 2.06. The summed E-state index contributed by atoms with van der Waals surface area (Å²) in [5.41, 5.74) is 0.883. The van der Waals surface area contributed by atoms with Crippen LogP contribution in [-0.2, 0) is 11.3 Å². The van der Waals surface area contributed by atoms with Crippen LogP contribution in [0.5, 0.6) is 5.75 Å². The van der Waals surface area contributed by atoms with E-state index in [-0.39, 0.29) is 0 Å². The van der Waals surface area contributed by atoms with Crippen LogP contribution < -0.4 is 15.4 Å². The third kappa shape index (κ3) is 6.80. The molecule has 0 bridgehead atoms. The molecule has 2 N–H and O–H groups in total. The summed E-state index contributed by atoms with van der Waals surface area (Å²) < 4.78 is 15.7. The molecule has 2 rings (SSSR count). The molecule has 8 nitrogen and oxygen atoms in total. The molecule has 0 aliphatic heterocycles. The predicted molar refractivity (Wildman–Crippen MR) is 95.9 cm³/mol. The molecule has 0 saturated carbocycles. The summed E-state index contributed by atoms with van der Waals surface area (Å²) >= 11 is 0. The van der Waals surface area contributed by atoms with E-state index >= 15 is 0 Å². The van der Waals surface area contributed by atoms with E-state index in [1.165, 1.54) is 0 Å². The Kier molecular flexibility index (Phi) is 7.71. The molecular weight excluding hydrogens is 322 g/mol. The minimum absolute atomic E-state index is 0.333. The van der Waals surface area contributed by atoms with Crippen molar-refractivity contribution in [3.05, 3.63) is 36.0 Å². The molecule has 0 amide bonds. The Morgan fingerprint density at radius 3 is 2.92 bits per heavy atom. The molecule has 0 radical (unpaired) electrons. The molecule has 1 heterocycles. The summed E-state index contributed by atoms with van der Waals surface area (Å²) in [6, 6.07) is 7.73. The Morgan fingerprint density at radius 2 is 2.20 bits per heavy atom. The Bertz CT molecular complexity index is 672. The van der Waals surface area contributed by atoms with Crippen LogP contribution in [0.25, 0.3) is 0 Å². The molecule has 2 aromatic rings. The Balaban J connectivity index is 1.95. The van der Waals surface area contributed by atoms with Gasteiger partial charge >= 0.3 is 0 Å². The number of methoxy groups -OCH3 is 1. The van der Waals surface area contributed by atoms with Crippen molar-refractivity contribution in [1.29, 1.82) is 0 Å². The highest BCUT2D eigenvalue weighted by Crippen LogP contribution is 2.17. The normalized spacial score (nSPS) is 11.4. The van der Waals surface area contributed by atoms with Gasteiger partial charge in [0.15, 0.2) is 11.8 Å². The van der Waals surface area contributed by atoms with Gasteiger partial charge < -0.3 is 24.6 Å². The van der Waals surface area contributed by atoms with Crippen molar-refractivity contribution < 1.29 is 14.0 Å². The van der Waals surface area contributed by atoms with E-state index in [9.17, 15) is 0 Å². The lowest BCUT2D eigenvalue weighted by molar-refractivity contribution is 0.172. The molecule has 0 fully saturated rings. The van der Waals surface area contributed by atoms with Gasteiger partial charge in [0.2, 0.25) is 5.89 Å². The maximum Gasteiger partial charge on any atom is 0.223 e. The minimum atomic E-state index is 0.333. The molecule has 1 aromatic heterocycles. The first-order chi connectivity index (χ1) is 12.2. The van der Waals surface area contributed by atoms with Crippen molar-refractivity contribution in [2.24, 2.45) is 4.99 Å². The molecule has 0 spiro atoms. The smallest absolute Gasteiger partial charge is 0.223 e. The number of hydrogen-bond donors (Lipinski definition) is 2. The van der Waals surface area contributed by atoms with Gasteiger partial charge in [-0.15, -0.1) is 0 Å². The fraction of sp³-hybridized carbons (Fsp3) is 0.471. The van der Waals surface area contributed by atoms with E-state index in [4.69, 9.17) is 14.0 Å². The largest absolute Gasteiger partial charge is 0.493 e. The van der Waals surface area contributed by atoms with E-state index in [2.05, 4.69) is 25.8 Å². The van der Waals surface area contributed by atoms with Gasteiger partial charge in [-0.25, -0.2) is 4.99 Å². The lowest BCUT2D eigenvalue weighted by Crippen LogP contribution is -2.30. The number of guanidine groups is 1. The zero-order chi connectivity index (χ0) is 17.9. The third-order valence-electron chi connectivity index (χ3n) is 3.15. The monoisotopic (exact) mass is 347 g/mol. The first kappa shape index (κ1) is 18.7. The molecular formula is C17H25N5O3. The van der Waals surface area contributed by atoms with Crippen LogP contribution >= 0.6 is 0 Å². The minimum Gasteiger partial charge on any atom is -0.493 e. The van der Waals surface area contributed by atoms with E-state index in [0.717, 1.165) is 24.4 Å². The number of hydrogen-bond acceptors (Lipinski definition) is 6. The number of nitrogens with one attached hydrogen (secondary N) is 2. The summed E-state index contributed by atoms with van der Waals surface area (Å²) in [5.74, 6) is 2.51. The van der Waals surface area contributed by atoms with Gasteiger partial charge in [0, 0.05) is 45.4 Å². The lowest BCUT2D eigenvalue weighted by atomic mass is 10.3. The van der Waals surface area contributed by atoms with Crippen LogP contribution in [0.3, 0.4) is 0 Å². The predicted octanol–water partition coefficient (Wildman–Crippen LogP) is 2.37. The number of anilines is 1. The molecule has 0 aliphatic rings. The van der Waals surface area contributed by atoms with Crippen molar-refractivity contribution in [2.75, 3.05) is 32.2 Å². The van der Waals surface area contributed by atoms with Crippen molar-refractivity contribution in [2.45, 2.75) is 26.8 Å². The van der Waals surface area contributed by atoms with Gasteiger partial charge in [0.25, 0.3) is 0 Å². The van der Waals surface area contributed by atoms with Crippen LogP contribution in [0, 0.1) is 6.92 Å². The average molecular weight is 347 g/mol. The van der Waals surface area contributed by atoms with E-state index < -0.39 is 0 Å². The highest BCUT2D eigenvalue weighted by molar-refractivity contribution is 5.93. The number of aromatic nitrogens is 2. The standard InChI is InChI=1S/C17H25N5O3/c1-4-18-17(19-12-16-20-13(2)25-22-16)21-14-7-5-8-15(11-14)24-10-6-9-23-3/h5,7-8,11H,4,6,9-10,12H2,1-3H3,(H2,18,19,21). The van der Waals surface area contributed by atoms with Gasteiger partial charge in [-0.3, -0.25) is 0 Å². The fourth-order valence-corrected chi connectivity index (χ4v) is 2.06. The van der Waals surface area contributed by atoms with Gasteiger partial charge in [0.1, 0.15) is 12.3 Å². The number of nitrogens with zero attached hydrogens (tertiary/aromatic N) is 3. The maximum atomic E-state index is 5.71. The summed E-state index contributed by atoms with van der Waals surface area (Å²) in [6.45, 7) is 6.13. The zero-order valence-corrected chi connectivity index (χ0v) is 14.9. The number of aryl methyl sites for hydroxylation is 1. The van der Waals surface area contributed by atoms with Gasteiger partial charge in [-0.2, -0.15) is 4.98 Å². The molecule has 1 aromatic carbocycles. The van der Waals surface area contributed by atoms with Crippen molar-refractivity contribution in [3.8, 4) is 5.75 Å². The highest BCUT2D eigenvalue weighted by atomic mass is 16.5. The second-order valence-corrected chi connectivity index (χ2v) is 5.27. The molecule has 136 valence electrons. The summed E-state index contributed by atoms with van der Waals surface area (Å²) in [5, 5.41) is 10.3. The average Bonchev–Trinajstić information content (AvgIpc) is 3.03.